The Balaban J connectivity index is 1.12. The lowest BCUT2D eigenvalue weighted by molar-refractivity contribution is -0.183. The standard InChI is InChI=1S/C22H26FN10O9PS/c23-9-8(1-2-34)40-19(33-7-29-11-17(33)30-21(25)31-18(11)36)12(9)42-43(37,44)39-4-22-3-38-13(14(22)35)20(41-22)32-6-28-10-15(24)26-5-27-16(10)32/h5-9,12-14,19-20,34-35H,1-4H2,(H,37,44)(H2,24,26,27)(H3,25,30,31,36)/t8-,9+,12-,13-,14+,19-,20-,22?,43?/m1/s1. The number of hydrogen-bond donors (Lipinski definition) is 6. The second-order valence-electron chi connectivity index (χ2n) is 10.5. The van der Waals surface area contributed by atoms with Crippen LogP contribution in [0, 0.1) is 0 Å². The van der Waals surface area contributed by atoms with Crippen molar-refractivity contribution in [3.63, 3.8) is 0 Å². The van der Waals surface area contributed by atoms with E-state index in [4.69, 9.17) is 46.5 Å². The third-order valence-electron chi connectivity index (χ3n) is 7.80. The maximum absolute atomic E-state index is 15.7. The minimum atomic E-state index is -4.28. The van der Waals surface area contributed by atoms with Gasteiger partial charge in [-0.1, -0.05) is 0 Å². The van der Waals surface area contributed by atoms with Crippen molar-refractivity contribution in [3.05, 3.63) is 29.3 Å². The van der Waals surface area contributed by atoms with E-state index in [-0.39, 0.29) is 36.0 Å². The number of anilines is 2. The van der Waals surface area contributed by atoms with Crippen molar-refractivity contribution >= 4 is 52.6 Å². The summed E-state index contributed by atoms with van der Waals surface area (Å²) in [7, 11) is 0. The molecule has 0 aromatic carbocycles. The Bertz CT molecular complexity index is 1840. The van der Waals surface area contributed by atoms with Gasteiger partial charge in [0.15, 0.2) is 41.3 Å². The summed E-state index contributed by atoms with van der Waals surface area (Å²) in [6.07, 6.45) is -5.22. The smallest absolute Gasteiger partial charge is 0.325 e. The molecule has 4 aromatic heterocycles. The number of nitrogen functional groups attached to an aromatic ring is 2. The van der Waals surface area contributed by atoms with E-state index in [0.29, 0.717) is 11.2 Å². The molecule has 236 valence electrons. The van der Waals surface area contributed by atoms with Crippen LogP contribution in [0.1, 0.15) is 18.9 Å². The first kappa shape index (κ1) is 29.5. The summed E-state index contributed by atoms with van der Waals surface area (Å²) >= 11 is 5.24. The van der Waals surface area contributed by atoms with Crippen molar-refractivity contribution in [2.75, 3.05) is 31.3 Å². The molecule has 4 aromatic rings. The van der Waals surface area contributed by atoms with E-state index in [2.05, 4.69) is 29.9 Å². The number of rotatable bonds is 9. The van der Waals surface area contributed by atoms with Gasteiger partial charge in [-0.15, -0.1) is 0 Å². The molecule has 7 heterocycles. The predicted octanol–water partition coefficient (Wildman–Crippen LogP) is -1.61. The van der Waals surface area contributed by atoms with Gasteiger partial charge in [-0.25, -0.2) is 24.3 Å². The van der Waals surface area contributed by atoms with Crippen LogP contribution in [0.15, 0.2) is 23.8 Å². The predicted molar refractivity (Wildman–Crippen MR) is 149 cm³/mol. The molecule has 2 unspecified atom stereocenters. The zero-order valence-corrected chi connectivity index (χ0v) is 24.1. The minimum Gasteiger partial charge on any atom is -0.396 e. The molecule has 44 heavy (non-hydrogen) atoms. The topological polar surface area (TPSA) is 266 Å². The number of aromatic nitrogens is 8. The van der Waals surface area contributed by atoms with Crippen LogP contribution in [-0.2, 0) is 35.1 Å². The Morgan fingerprint density at radius 3 is 2.70 bits per heavy atom. The lowest BCUT2D eigenvalue weighted by Gasteiger charge is -2.32. The lowest BCUT2D eigenvalue weighted by Crippen LogP contribution is -2.45. The average molecular weight is 657 g/mol. The van der Waals surface area contributed by atoms with Crippen molar-refractivity contribution < 1.29 is 42.8 Å². The number of ether oxygens (including phenoxy) is 3. The zero-order valence-electron chi connectivity index (χ0n) is 22.4. The van der Waals surface area contributed by atoms with Crippen LogP contribution >= 0.6 is 6.72 Å². The van der Waals surface area contributed by atoms with Crippen molar-refractivity contribution in [2.24, 2.45) is 0 Å². The van der Waals surface area contributed by atoms with Gasteiger partial charge in [0.2, 0.25) is 5.95 Å². The average Bonchev–Trinajstić information content (AvgIpc) is 3.78. The van der Waals surface area contributed by atoms with E-state index in [0.717, 1.165) is 0 Å². The van der Waals surface area contributed by atoms with E-state index in [1.54, 1.807) is 0 Å². The summed E-state index contributed by atoms with van der Waals surface area (Å²) < 4.78 is 47.5. The summed E-state index contributed by atoms with van der Waals surface area (Å²) in [5, 5.41) is 20.5. The second kappa shape index (κ2) is 10.7. The summed E-state index contributed by atoms with van der Waals surface area (Å²) in [5.74, 6) is -0.0609. The quantitative estimate of drug-likeness (QED) is 0.111. The molecule has 22 heteroatoms. The maximum atomic E-state index is 15.7. The molecule has 8 N–H and O–H groups in total. The van der Waals surface area contributed by atoms with Crippen LogP contribution in [0.2, 0.25) is 0 Å². The number of nitrogens with one attached hydrogen (secondary N) is 1. The van der Waals surface area contributed by atoms with Gasteiger partial charge in [0.25, 0.3) is 5.56 Å². The second-order valence-corrected chi connectivity index (χ2v) is 13.3. The fourth-order valence-electron chi connectivity index (χ4n) is 5.69. The number of imidazole rings is 2. The molecule has 9 atom stereocenters. The Hall–Kier alpha value is -3.24. The van der Waals surface area contributed by atoms with E-state index >= 15 is 4.39 Å². The fraction of sp³-hybridized carbons (Fsp3) is 0.545. The van der Waals surface area contributed by atoms with Gasteiger partial charge >= 0.3 is 6.72 Å². The number of aromatic amines is 1. The van der Waals surface area contributed by atoms with Crippen molar-refractivity contribution in [1.82, 2.24) is 39.0 Å². The molecule has 0 spiro atoms. The van der Waals surface area contributed by atoms with Gasteiger partial charge < -0.3 is 45.3 Å². The molecule has 0 aliphatic carbocycles. The molecule has 3 aliphatic heterocycles. The molecule has 3 aliphatic rings. The molecule has 3 fully saturated rings. The molecule has 0 saturated carbocycles. The van der Waals surface area contributed by atoms with Gasteiger partial charge in [0, 0.05) is 6.61 Å². The monoisotopic (exact) mass is 656 g/mol. The van der Waals surface area contributed by atoms with Crippen LogP contribution in [0.4, 0.5) is 16.2 Å². The highest BCUT2D eigenvalue weighted by atomic mass is 32.5. The molecule has 0 radical (unpaired) electrons. The summed E-state index contributed by atoms with van der Waals surface area (Å²) in [6.45, 7) is -5.30. The van der Waals surface area contributed by atoms with Crippen LogP contribution in [0.25, 0.3) is 22.3 Å². The summed E-state index contributed by atoms with van der Waals surface area (Å²) in [5.41, 5.74) is 10.0. The highest BCUT2D eigenvalue weighted by Crippen LogP contribution is 2.53. The van der Waals surface area contributed by atoms with Crippen LogP contribution in [0.5, 0.6) is 0 Å². The SMILES string of the molecule is Nc1nc2c(ncn2[C@@H]2O[C@H](CCO)[C@H](F)[C@H]2OP(O)(=S)OCC23CO[C@@H]([C@H](n4cnc5c(N)ncnc54)O2)[C@@H]3O)c(=O)[nH]1. The first-order valence-corrected chi connectivity index (χ1v) is 15.8. The highest BCUT2D eigenvalue weighted by molar-refractivity contribution is 8.07. The van der Waals surface area contributed by atoms with E-state index < -0.39 is 74.1 Å². The Morgan fingerprint density at radius 2 is 1.93 bits per heavy atom. The zero-order chi connectivity index (χ0) is 31.0. The first-order chi connectivity index (χ1) is 21.0. The van der Waals surface area contributed by atoms with Crippen molar-refractivity contribution in [3.8, 4) is 0 Å². The van der Waals surface area contributed by atoms with Gasteiger partial charge in [0.05, 0.1) is 32.0 Å². The molecular weight excluding hydrogens is 630 g/mol. The number of alkyl halides is 1. The van der Waals surface area contributed by atoms with Crippen molar-refractivity contribution in [2.45, 2.75) is 55.1 Å². The van der Waals surface area contributed by atoms with Gasteiger partial charge in [0.1, 0.15) is 35.8 Å². The summed E-state index contributed by atoms with van der Waals surface area (Å²) in [6, 6.07) is 0. The Morgan fingerprint density at radius 1 is 1.18 bits per heavy atom. The van der Waals surface area contributed by atoms with Crippen LogP contribution in [0.3, 0.4) is 0 Å². The molecule has 0 amide bonds. The largest absolute Gasteiger partial charge is 0.396 e. The number of halogens is 1. The van der Waals surface area contributed by atoms with E-state index in [9.17, 15) is 19.9 Å². The van der Waals surface area contributed by atoms with Crippen LogP contribution in [-0.4, -0.2) is 110 Å². The van der Waals surface area contributed by atoms with Crippen LogP contribution < -0.4 is 17.0 Å². The number of nitrogens with zero attached hydrogens (tertiary/aromatic N) is 7. The number of hydrogen-bond acceptors (Lipinski definition) is 16. The van der Waals surface area contributed by atoms with E-state index in [1.807, 2.05) is 0 Å². The van der Waals surface area contributed by atoms with Crippen molar-refractivity contribution in [1.29, 1.82) is 0 Å². The number of aliphatic hydroxyl groups excluding tert-OH is 2. The number of fused-ring (bicyclic) bond motifs is 4. The number of aliphatic hydroxyl groups is 2. The molecule has 2 bridgehead atoms. The summed E-state index contributed by atoms with van der Waals surface area (Å²) in [4.78, 5) is 46.1. The molecule has 3 saturated heterocycles. The Labute approximate surface area is 250 Å². The first-order valence-electron chi connectivity index (χ1n) is 13.2. The minimum absolute atomic E-state index is 0.0329. The molecular formula is C22H26FN10O9PS. The number of H-pyrrole nitrogens is 1. The van der Waals surface area contributed by atoms with E-state index in [1.165, 1.54) is 28.1 Å². The molecule has 7 rings (SSSR count). The Kier molecular flexibility index (Phi) is 7.16. The van der Waals surface area contributed by atoms with Gasteiger partial charge in [-0.3, -0.25) is 23.4 Å². The third-order valence-corrected chi connectivity index (χ3v) is 9.34. The van der Waals surface area contributed by atoms with Gasteiger partial charge in [-0.2, -0.15) is 4.98 Å². The lowest BCUT2D eigenvalue weighted by atomic mass is 10.0. The highest BCUT2D eigenvalue weighted by Gasteiger charge is 2.63. The normalized spacial score (nSPS) is 33.0. The molecule has 19 nitrogen and oxygen atoms in total. The third kappa shape index (κ3) is 4.67. The number of nitrogens with two attached hydrogens (primary N) is 2. The van der Waals surface area contributed by atoms with Gasteiger partial charge in [-0.05, 0) is 18.2 Å². The maximum Gasteiger partial charge on any atom is 0.325 e. The fourth-order valence-corrected chi connectivity index (χ4v) is 7.12.